The quantitative estimate of drug-likeness (QED) is 0.601. The number of amides is 2. The molecule has 0 saturated carbocycles. The smallest absolute Gasteiger partial charge is 0.354 e. The number of methoxy groups -OCH3 is 1. The Morgan fingerprint density at radius 2 is 1.94 bits per heavy atom. The number of hydrazone groups is 1. The average molecular weight is 461 g/mol. The highest BCUT2D eigenvalue weighted by Crippen LogP contribution is 2.33. The van der Waals surface area contributed by atoms with Gasteiger partial charge >= 0.3 is 12.0 Å². The van der Waals surface area contributed by atoms with E-state index in [4.69, 9.17) is 4.74 Å². The Bertz CT molecular complexity index is 1180. The van der Waals surface area contributed by atoms with Gasteiger partial charge in [0.2, 0.25) is 0 Å². The number of carbonyl (C=O) groups is 2. The van der Waals surface area contributed by atoms with Gasteiger partial charge in [0, 0.05) is 18.7 Å². The third-order valence-corrected chi connectivity index (χ3v) is 6.14. The van der Waals surface area contributed by atoms with Crippen LogP contribution in [-0.2, 0) is 4.74 Å². The van der Waals surface area contributed by atoms with Gasteiger partial charge < -0.3 is 19.4 Å². The molecule has 2 aliphatic heterocycles. The molecule has 0 aliphatic carbocycles. The zero-order valence-electron chi connectivity index (χ0n) is 16.7. The van der Waals surface area contributed by atoms with Gasteiger partial charge in [-0.15, -0.1) is 0 Å². The molecule has 2 amide bonds. The molecule has 32 heavy (non-hydrogen) atoms. The van der Waals surface area contributed by atoms with Crippen molar-refractivity contribution in [2.45, 2.75) is 18.6 Å². The lowest BCUT2D eigenvalue weighted by atomic mass is 10.0. The number of H-pyrrole nitrogens is 1. The first-order valence-corrected chi connectivity index (χ1v) is 10.5. The topological polar surface area (TPSA) is 100 Å². The first-order chi connectivity index (χ1) is 15.4. The molecule has 1 aromatic carbocycles. The first kappa shape index (κ1) is 20.4. The Morgan fingerprint density at radius 3 is 2.62 bits per heavy atom. The summed E-state index contributed by atoms with van der Waals surface area (Å²) < 4.78 is 38.4. The number of thiazole rings is 1. The van der Waals surface area contributed by atoms with Crippen LogP contribution in [-0.4, -0.2) is 64.4 Å². The van der Waals surface area contributed by atoms with Crippen molar-refractivity contribution in [2.24, 2.45) is 5.10 Å². The Kier molecular flexibility index (Phi) is 5.00. The van der Waals surface area contributed by atoms with E-state index in [2.05, 4.69) is 19.8 Å². The maximum absolute atomic E-state index is 13.6. The van der Waals surface area contributed by atoms with Crippen LogP contribution < -0.4 is 4.74 Å². The fourth-order valence-corrected chi connectivity index (χ4v) is 4.54. The molecular formula is C20H17F2N5O4S. The van der Waals surface area contributed by atoms with Gasteiger partial charge in [-0.05, 0) is 23.8 Å². The SMILES string of the molecule is COC(=O)c1cc2sc(OC3CN(C(=O)N4N=CC[C@H]4c4cc(F)cc(F)c4)C3)nc2[nH]1. The highest BCUT2D eigenvalue weighted by Gasteiger charge is 2.39. The number of aromatic nitrogens is 2. The monoisotopic (exact) mass is 461 g/mol. The van der Waals surface area contributed by atoms with Gasteiger partial charge in [0.25, 0.3) is 5.19 Å². The molecule has 3 aromatic rings. The Balaban J connectivity index is 1.20. The van der Waals surface area contributed by atoms with Gasteiger partial charge in [-0.25, -0.2) is 23.4 Å². The number of likely N-dealkylation sites (tertiary alicyclic amines) is 1. The fraction of sp³-hybridized carbons (Fsp3) is 0.300. The zero-order chi connectivity index (χ0) is 22.4. The van der Waals surface area contributed by atoms with Crippen LogP contribution in [0.2, 0.25) is 0 Å². The normalized spacial score (nSPS) is 18.3. The van der Waals surface area contributed by atoms with Crippen molar-refractivity contribution in [3.05, 3.63) is 47.2 Å². The van der Waals surface area contributed by atoms with Crippen LogP contribution in [0, 0.1) is 11.6 Å². The number of esters is 1. The summed E-state index contributed by atoms with van der Waals surface area (Å²) in [5, 5.41) is 5.76. The number of fused-ring (bicyclic) bond motifs is 1. The number of carbonyl (C=O) groups excluding carboxylic acids is 2. The van der Waals surface area contributed by atoms with E-state index in [0.717, 1.165) is 10.8 Å². The van der Waals surface area contributed by atoms with E-state index in [1.54, 1.807) is 17.2 Å². The van der Waals surface area contributed by atoms with Crippen LogP contribution in [0.5, 0.6) is 5.19 Å². The summed E-state index contributed by atoms with van der Waals surface area (Å²) in [6.45, 7) is 0.659. The van der Waals surface area contributed by atoms with Crippen molar-refractivity contribution in [1.29, 1.82) is 0 Å². The van der Waals surface area contributed by atoms with Gasteiger partial charge in [0.05, 0.1) is 30.9 Å². The summed E-state index contributed by atoms with van der Waals surface area (Å²) in [5.74, 6) is -1.88. The molecular weight excluding hydrogens is 444 g/mol. The van der Waals surface area contributed by atoms with Crippen molar-refractivity contribution in [3.63, 3.8) is 0 Å². The molecule has 1 saturated heterocycles. The summed E-state index contributed by atoms with van der Waals surface area (Å²) in [6, 6.07) is 3.93. The highest BCUT2D eigenvalue weighted by molar-refractivity contribution is 7.20. The van der Waals surface area contributed by atoms with Crippen LogP contribution in [0.15, 0.2) is 29.4 Å². The van der Waals surface area contributed by atoms with E-state index >= 15 is 0 Å². The average Bonchev–Trinajstić information content (AvgIpc) is 3.43. The van der Waals surface area contributed by atoms with E-state index in [-0.39, 0.29) is 12.1 Å². The van der Waals surface area contributed by atoms with Crippen LogP contribution in [0.1, 0.15) is 28.5 Å². The molecule has 0 spiro atoms. The minimum absolute atomic E-state index is 0.245. The molecule has 166 valence electrons. The third-order valence-electron chi connectivity index (χ3n) is 5.25. The minimum atomic E-state index is -0.699. The first-order valence-electron chi connectivity index (χ1n) is 9.72. The number of benzene rings is 1. The summed E-state index contributed by atoms with van der Waals surface area (Å²) in [7, 11) is 1.30. The second-order valence-corrected chi connectivity index (χ2v) is 8.38. The number of aromatic amines is 1. The maximum Gasteiger partial charge on any atom is 0.354 e. The van der Waals surface area contributed by atoms with Gasteiger partial charge in [-0.1, -0.05) is 11.3 Å². The third kappa shape index (κ3) is 3.66. The van der Waals surface area contributed by atoms with E-state index in [9.17, 15) is 18.4 Å². The van der Waals surface area contributed by atoms with Crippen LogP contribution >= 0.6 is 11.3 Å². The molecule has 0 unspecified atom stereocenters. The summed E-state index contributed by atoms with van der Waals surface area (Å²) >= 11 is 1.28. The second-order valence-electron chi connectivity index (χ2n) is 7.39. The zero-order valence-corrected chi connectivity index (χ0v) is 17.6. The Labute approximate surface area is 184 Å². The van der Waals surface area contributed by atoms with Gasteiger partial charge in [-0.2, -0.15) is 10.1 Å². The molecule has 12 heteroatoms. The molecule has 0 bridgehead atoms. The van der Waals surface area contributed by atoms with Crippen molar-refractivity contribution >= 4 is 39.9 Å². The predicted molar refractivity (Wildman–Crippen MR) is 111 cm³/mol. The second kappa shape index (κ2) is 7.86. The van der Waals surface area contributed by atoms with Crippen molar-refractivity contribution < 1.29 is 27.8 Å². The van der Waals surface area contributed by atoms with Crippen molar-refractivity contribution in [3.8, 4) is 5.19 Å². The number of ether oxygens (including phenoxy) is 2. The lowest BCUT2D eigenvalue weighted by molar-refractivity contribution is 0.0277. The van der Waals surface area contributed by atoms with Crippen LogP contribution in [0.4, 0.5) is 13.6 Å². The van der Waals surface area contributed by atoms with E-state index in [1.807, 2.05) is 0 Å². The lowest BCUT2D eigenvalue weighted by Gasteiger charge is -2.40. The molecule has 2 aromatic heterocycles. The standard InChI is InChI=1S/C20H17F2N5O4S/c1-30-18(28)14-7-16-17(24-14)25-19(32-16)31-13-8-26(9-13)20(29)27-15(2-3-23-27)10-4-11(21)6-12(22)5-10/h3-7,13,15,24H,2,8-9H2,1H3/t15-/m0/s1. The Morgan fingerprint density at radius 1 is 1.19 bits per heavy atom. The molecule has 4 heterocycles. The van der Waals surface area contributed by atoms with Gasteiger partial charge in [0.15, 0.2) is 5.65 Å². The van der Waals surface area contributed by atoms with E-state index in [1.165, 1.54) is 35.6 Å². The molecule has 2 aliphatic rings. The van der Waals surface area contributed by atoms with Crippen molar-refractivity contribution in [1.82, 2.24) is 19.9 Å². The lowest BCUT2D eigenvalue weighted by Crippen LogP contribution is -2.58. The number of hydrogen-bond donors (Lipinski definition) is 1. The van der Waals surface area contributed by atoms with Crippen LogP contribution in [0.25, 0.3) is 10.3 Å². The number of urea groups is 1. The fourth-order valence-electron chi connectivity index (χ4n) is 3.66. The number of nitrogens with one attached hydrogen (secondary N) is 1. The summed E-state index contributed by atoms with van der Waals surface area (Å²) in [5.41, 5.74) is 1.19. The largest absolute Gasteiger partial charge is 0.464 e. The number of nitrogens with zero attached hydrogens (tertiary/aromatic N) is 4. The van der Waals surface area contributed by atoms with Crippen LogP contribution in [0.3, 0.4) is 0 Å². The number of hydrogen-bond acceptors (Lipinski definition) is 7. The van der Waals surface area contributed by atoms with Gasteiger partial charge in [-0.3, -0.25) is 0 Å². The van der Waals surface area contributed by atoms with E-state index < -0.39 is 23.6 Å². The number of rotatable bonds is 4. The molecule has 0 radical (unpaired) electrons. The maximum atomic E-state index is 13.6. The molecule has 1 atom stereocenters. The minimum Gasteiger partial charge on any atom is -0.464 e. The highest BCUT2D eigenvalue weighted by atomic mass is 32.1. The summed E-state index contributed by atoms with van der Waals surface area (Å²) in [4.78, 5) is 33.1. The molecule has 9 nitrogen and oxygen atoms in total. The Hall–Kier alpha value is -3.54. The molecule has 5 rings (SSSR count). The molecule has 1 fully saturated rings. The molecule has 1 N–H and O–H groups in total. The summed E-state index contributed by atoms with van der Waals surface area (Å²) in [6.07, 6.45) is 1.69. The van der Waals surface area contributed by atoms with Gasteiger partial charge in [0.1, 0.15) is 23.4 Å². The van der Waals surface area contributed by atoms with Crippen molar-refractivity contribution in [2.75, 3.05) is 20.2 Å². The predicted octanol–water partition coefficient (Wildman–Crippen LogP) is 3.31. The number of halogens is 2. The van der Waals surface area contributed by atoms with E-state index in [0.29, 0.717) is 41.6 Å².